The summed E-state index contributed by atoms with van der Waals surface area (Å²) in [5, 5.41) is 0. The summed E-state index contributed by atoms with van der Waals surface area (Å²) in [6.07, 6.45) is 70.5. The SMILES string of the molecule is CC/C=C\C/C=C\C/C=C\C/C=C\C/C=C\C/C=C\C/C=C\C/C=C\CCCCC(=O)OC(COC(=O)CCCCCC/C=C\C/C=C\C/C=C\C/C=C\CC)COP(=O)(O)OCC[N+](C)(C)C. The molecule has 0 spiro atoms. The van der Waals surface area contributed by atoms with Gasteiger partial charge < -0.3 is 18.9 Å². The zero-order valence-corrected chi connectivity index (χ0v) is 43.9. The van der Waals surface area contributed by atoms with Gasteiger partial charge in [-0.1, -0.05) is 173 Å². The normalized spacial score (nSPS) is 14.6. The quantitative estimate of drug-likeness (QED) is 0.0211. The van der Waals surface area contributed by atoms with Crippen LogP contribution in [0.25, 0.3) is 0 Å². The van der Waals surface area contributed by atoms with E-state index in [1.165, 1.54) is 0 Å². The van der Waals surface area contributed by atoms with E-state index in [0.717, 1.165) is 116 Å². The Kier molecular flexibility index (Phi) is 45.0. The predicted molar refractivity (Wildman–Crippen MR) is 288 cm³/mol. The van der Waals surface area contributed by atoms with Gasteiger partial charge in [-0.05, 0) is 116 Å². The summed E-state index contributed by atoms with van der Waals surface area (Å²) in [5.74, 6) is -0.894. The third-order valence-electron chi connectivity index (χ3n) is 9.86. The average molecular weight is 963 g/mol. The van der Waals surface area contributed by atoms with E-state index >= 15 is 0 Å². The van der Waals surface area contributed by atoms with E-state index in [0.29, 0.717) is 23.9 Å². The number of phosphoric ester groups is 1. The van der Waals surface area contributed by atoms with Gasteiger partial charge in [0.2, 0.25) is 0 Å². The fourth-order valence-corrected chi connectivity index (χ4v) is 6.70. The Balaban J connectivity index is 4.43. The molecule has 0 aliphatic heterocycles. The first-order valence-electron chi connectivity index (χ1n) is 25.6. The lowest BCUT2D eigenvalue weighted by Crippen LogP contribution is -2.37. The number of nitrogens with zero attached hydrogens (tertiary/aromatic N) is 1. The van der Waals surface area contributed by atoms with Gasteiger partial charge in [0.25, 0.3) is 0 Å². The Morgan fingerprint density at radius 1 is 0.456 bits per heavy atom. The number of allylic oxidation sites excluding steroid dienone is 24. The maximum Gasteiger partial charge on any atom is 0.472 e. The molecule has 0 aliphatic carbocycles. The Hall–Kier alpha value is -4.11. The molecule has 68 heavy (non-hydrogen) atoms. The summed E-state index contributed by atoms with van der Waals surface area (Å²) in [6, 6.07) is 0. The smallest absolute Gasteiger partial charge is 0.462 e. The number of rotatable bonds is 44. The van der Waals surface area contributed by atoms with Crippen molar-refractivity contribution < 1.29 is 42.1 Å². The van der Waals surface area contributed by atoms with Gasteiger partial charge in [-0.25, -0.2) is 4.57 Å². The summed E-state index contributed by atoms with van der Waals surface area (Å²) in [5.41, 5.74) is 0. The van der Waals surface area contributed by atoms with E-state index in [2.05, 4.69) is 160 Å². The summed E-state index contributed by atoms with van der Waals surface area (Å²) in [6.45, 7) is 4.08. The van der Waals surface area contributed by atoms with E-state index in [1.54, 1.807) is 0 Å². The third-order valence-corrected chi connectivity index (χ3v) is 10.8. The van der Waals surface area contributed by atoms with Gasteiger partial charge >= 0.3 is 19.8 Å². The van der Waals surface area contributed by atoms with Gasteiger partial charge in [-0.2, -0.15) is 0 Å². The fraction of sp³-hybridized carbons (Fsp3) is 0.552. The van der Waals surface area contributed by atoms with Crippen LogP contribution in [0.1, 0.15) is 155 Å². The van der Waals surface area contributed by atoms with Crippen LogP contribution >= 0.6 is 7.82 Å². The number of hydrogen-bond acceptors (Lipinski definition) is 7. The highest BCUT2D eigenvalue weighted by Gasteiger charge is 2.27. The molecule has 0 aromatic heterocycles. The number of likely N-dealkylation sites (N-methyl/N-ethyl adjacent to an activating group) is 1. The molecule has 0 radical (unpaired) electrons. The molecule has 10 heteroatoms. The third kappa shape index (κ3) is 51.3. The number of carbonyl (C=O) groups excluding carboxylic acids is 2. The second kappa shape index (κ2) is 47.9. The summed E-state index contributed by atoms with van der Waals surface area (Å²) in [4.78, 5) is 35.5. The zero-order chi connectivity index (χ0) is 49.9. The summed E-state index contributed by atoms with van der Waals surface area (Å²) in [7, 11) is 1.40. The standard InChI is InChI=1S/C58H92NO8P/c1-6-8-10-12-14-16-18-20-22-24-25-26-27-28-29-30-31-32-33-35-37-39-41-43-45-47-49-51-58(61)67-56(55-66-68(62,63)65-53-52-59(3,4)5)54-64-57(60)50-48-46-44-42-40-38-36-34-23-21-19-17-15-13-11-9-7-2/h8-11,14-17,20-23,25-26,28-29,31-32,35-38,41,43,56H,6-7,12-13,18-19,24,27,30,33-34,39-40,42,44-55H2,1-5H3/p+1/b10-8-,11-9-,16-14-,17-15-,22-20-,23-21-,26-25-,29-28-,32-31-,37-35-,38-36-,43-41-. The van der Waals surface area contributed by atoms with Crippen molar-refractivity contribution in [3.05, 3.63) is 146 Å². The van der Waals surface area contributed by atoms with Crippen LogP contribution in [0.3, 0.4) is 0 Å². The van der Waals surface area contributed by atoms with Crippen LogP contribution in [-0.2, 0) is 32.7 Å². The number of esters is 2. The number of quaternary nitrogens is 1. The van der Waals surface area contributed by atoms with Crippen LogP contribution in [0.2, 0.25) is 0 Å². The maximum absolute atomic E-state index is 12.8. The second-order valence-electron chi connectivity index (χ2n) is 17.4. The molecule has 382 valence electrons. The van der Waals surface area contributed by atoms with Crippen LogP contribution < -0.4 is 0 Å². The van der Waals surface area contributed by atoms with Crippen molar-refractivity contribution in [2.45, 2.75) is 161 Å². The van der Waals surface area contributed by atoms with E-state index in [-0.39, 0.29) is 26.1 Å². The Morgan fingerprint density at radius 2 is 0.794 bits per heavy atom. The van der Waals surface area contributed by atoms with Crippen molar-refractivity contribution in [2.24, 2.45) is 0 Å². The first-order chi connectivity index (χ1) is 33.0. The van der Waals surface area contributed by atoms with Gasteiger partial charge in [-0.15, -0.1) is 0 Å². The molecule has 2 unspecified atom stereocenters. The largest absolute Gasteiger partial charge is 0.472 e. The van der Waals surface area contributed by atoms with Crippen molar-refractivity contribution in [1.29, 1.82) is 0 Å². The molecule has 9 nitrogen and oxygen atoms in total. The average Bonchev–Trinajstić information content (AvgIpc) is 3.30. The molecule has 0 fully saturated rings. The number of carbonyl (C=O) groups is 2. The van der Waals surface area contributed by atoms with Crippen LogP contribution in [0.4, 0.5) is 0 Å². The van der Waals surface area contributed by atoms with Gasteiger partial charge in [0.05, 0.1) is 27.7 Å². The first kappa shape index (κ1) is 63.9. The van der Waals surface area contributed by atoms with Crippen molar-refractivity contribution in [2.75, 3.05) is 47.5 Å². The van der Waals surface area contributed by atoms with Gasteiger partial charge in [-0.3, -0.25) is 18.6 Å². The van der Waals surface area contributed by atoms with Crippen molar-refractivity contribution >= 4 is 19.8 Å². The molecular formula is C58H93NO8P+. The predicted octanol–water partition coefficient (Wildman–Crippen LogP) is 15.6. The molecule has 0 aromatic carbocycles. The number of phosphoric acid groups is 1. The van der Waals surface area contributed by atoms with Crippen molar-refractivity contribution in [1.82, 2.24) is 0 Å². The molecule has 0 saturated heterocycles. The highest BCUT2D eigenvalue weighted by molar-refractivity contribution is 7.47. The molecule has 0 heterocycles. The Bertz CT molecular complexity index is 1650. The minimum atomic E-state index is -4.41. The molecule has 0 aliphatic rings. The van der Waals surface area contributed by atoms with Crippen molar-refractivity contribution in [3.8, 4) is 0 Å². The summed E-state index contributed by atoms with van der Waals surface area (Å²) >= 11 is 0. The van der Waals surface area contributed by atoms with E-state index in [9.17, 15) is 19.0 Å². The Morgan fingerprint density at radius 3 is 1.19 bits per heavy atom. The topological polar surface area (TPSA) is 108 Å². The van der Waals surface area contributed by atoms with Gasteiger partial charge in [0, 0.05) is 12.8 Å². The summed E-state index contributed by atoms with van der Waals surface area (Å²) < 4.78 is 34.4. The zero-order valence-electron chi connectivity index (χ0n) is 43.0. The second-order valence-corrected chi connectivity index (χ2v) is 18.9. The van der Waals surface area contributed by atoms with Crippen molar-refractivity contribution in [3.63, 3.8) is 0 Å². The molecule has 0 rings (SSSR count). The fourth-order valence-electron chi connectivity index (χ4n) is 5.96. The lowest BCUT2D eigenvalue weighted by Gasteiger charge is -2.24. The van der Waals surface area contributed by atoms with Crippen LogP contribution in [-0.4, -0.2) is 74.9 Å². The highest BCUT2D eigenvalue weighted by Crippen LogP contribution is 2.43. The molecule has 1 N–H and O–H groups in total. The molecular weight excluding hydrogens is 870 g/mol. The van der Waals surface area contributed by atoms with E-state index < -0.39 is 32.5 Å². The first-order valence-corrected chi connectivity index (χ1v) is 27.1. The number of hydrogen-bond donors (Lipinski definition) is 1. The molecule has 0 saturated carbocycles. The molecule has 0 aromatic rings. The molecule has 2 atom stereocenters. The van der Waals surface area contributed by atoms with Crippen LogP contribution in [0, 0.1) is 0 Å². The Labute approximate surface area is 414 Å². The van der Waals surface area contributed by atoms with Crippen LogP contribution in [0.5, 0.6) is 0 Å². The number of ether oxygens (including phenoxy) is 2. The lowest BCUT2D eigenvalue weighted by molar-refractivity contribution is -0.870. The molecule has 0 amide bonds. The van der Waals surface area contributed by atoms with Crippen LogP contribution in [0.15, 0.2) is 146 Å². The minimum Gasteiger partial charge on any atom is -0.462 e. The monoisotopic (exact) mass is 963 g/mol. The molecule has 0 bridgehead atoms. The van der Waals surface area contributed by atoms with E-state index in [1.807, 2.05) is 21.1 Å². The maximum atomic E-state index is 12.8. The highest BCUT2D eigenvalue weighted by atomic mass is 31.2. The minimum absolute atomic E-state index is 0.00914. The lowest BCUT2D eigenvalue weighted by atomic mass is 10.1. The van der Waals surface area contributed by atoms with Gasteiger partial charge in [0.15, 0.2) is 6.10 Å². The van der Waals surface area contributed by atoms with E-state index in [4.69, 9.17) is 18.5 Å². The van der Waals surface area contributed by atoms with Gasteiger partial charge in [0.1, 0.15) is 19.8 Å². The number of unbranched alkanes of at least 4 members (excludes halogenated alkanes) is 6.